The fraction of sp³-hybridized carbons (Fsp3) is 0.611. The molecule has 0 aliphatic heterocycles. The van der Waals surface area contributed by atoms with Crippen LogP contribution in [0.1, 0.15) is 53.0 Å². The first kappa shape index (κ1) is 18.3. The first-order valence-corrected chi connectivity index (χ1v) is 9.22. The number of hydrogen-bond donors (Lipinski definition) is 0. The van der Waals surface area contributed by atoms with E-state index >= 15 is 0 Å². The van der Waals surface area contributed by atoms with Crippen LogP contribution >= 0.6 is 0 Å². The second-order valence-corrected chi connectivity index (χ2v) is 9.30. The van der Waals surface area contributed by atoms with Gasteiger partial charge in [-0.1, -0.05) is 18.2 Å². The molecule has 5 heteroatoms. The van der Waals surface area contributed by atoms with Gasteiger partial charge >= 0.3 is 0 Å². The van der Waals surface area contributed by atoms with Crippen molar-refractivity contribution in [3.63, 3.8) is 0 Å². The van der Waals surface area contributed by atoms with Crippen molar-refractivity contribution >= 4 is 17.1 Å². The molecule has 0 spiro atoms. The Balaban J connectivity index is 2.27. The van der Waals surface area contributed by atoms with E-state index in [0.29, 0.717) is 12.5 Å². The molecule has 1 atom stereocenters. The third kappa shape index (κ3) is 5.21. The highest BCUT2D eigenvalue weighted by Crippen LogP contribution is 2.31. The van der Waals surface area contributed by atoms with Gasteiger partial charge in [-0.25, -0.2) is 4.39 Å². The predicted octanol–water partition coefficient (Wildman–Crippen LogP) is 4.52. The molecule has 3 nitrogen and oxygen atoms in total. The van der Waals surface area contributed by atoms with Crippen LogP contribution in [0.25, 0.3) is 0 Å². The molecule has 128 valence electrons. The van der Waals surface area contributed by atoms with Gasteiger partial charge in [0.05, 0.1) is 6.61 Å². The number of ether oxygens (including phenoxy) is 1. The number of halogens is 1. The van der Waals surface area contributed by atoms with Crippen LogP contribution in [-0.2, 0) is 11.4 Å². The quantitative estimate of drug-likeness (QED) is 0.565. The molecule has 0 bridgehead atoms. The molecule has 1 aromatic carbocycles. The second kappa shape index (κ2) is 7.22. The first-order chi connectivity index (χ1) is 10.7. The average Bonchev–Trinajstić information content (AvgIpc) is 3.26. The van der Waals surface area contributed by atoms with Crippen molar-refractivity contribution in [1.29, 1.82) is 0 Å². The average molecular weight is 339 g/mol. The van der Waals surface area contributed by atoms with E-state index in [2.05, 4.69) is 4.40 Å². The predicted molar refractivity (Wildman–Crippen MR) is 93.9 cm³/mol. The molecule has 1 aromatic rings. The van der Waals surface area contributed by atoms with Gasteiger partial charge in [-0.3, -0.25) is 0 Å². The van der Waals surface area contributed by atoms with Gasteiger partial charge in [-0.2, -0.15) is 0 Å². The summed E-state index contributed by atoms with van der Waals surface area (Å²) in [6, 6.07) is 4.75. The zero-order valence-corrected chi connectivity index (χ0v) is 15.4. The third-order valence-electron chi connectivity index (χ3n) is 3.65. The van der Waals surface area contributed by atoms with Crippen LogP contribution in [-0.4, -0.2) is 21.6 Å². The summed E-state index contributed by atoms with van der Waals surface area (Å²) in [7, 11) is 0. The molecule has 1 saturated carbocycles. The normalized spacial score (nSPS) is 17.5. The Labute approximate surface area is 141 Å². The molecule has 0 N–H and O–H groups in total. The van der Waals surface area contributed by atoms with E-state index in [0.717, 1.165) is 24.1 Å². The monoisotopic (exact) mass is 339 g/mol. The van der Waals surface area contributed by atoms with Crippen LogP contribution < -0.4 is 4.74 Å². The molecule has 1 unspecified atom stereocenters. The summed E-state index contributed by atoms with van der Waals surface area (Å²) in [6.45, 7) is 10.2. The molecule has 0 amide bonds. The van der Waals surface area contributed by atoms with Gasteiger partial charge in [0, 0.05) is 11.5 Å². The Morgan fingerprint density at radius 1 is 1.39 bits per heavy atom. The van der Waals surface area contributed by atoms with E-state index in [-0.39, 0.29) is 17.5 Å². The lowest BCUT2D eigenvalue weighted by molar-refractivity contribution is 0.285. The molecular weight excluding hydrogens is 313 g/mol. The fourth-order valence-electron chi connectivity index (χ4n) is 1.98. The van der Waals surface area contributed by atoms with Crippen molar-refractivity contribution in [2.75, 3.05) is 6.61 Å². The van der Waals surface area contributed by atoms with E-state index in [1.165, 1.54) is 6.07 Å². The van der Waals surface area contributed by atoms with Crippen LogP contribution in [0.4, 0.5) is 4.39 Å². The molecule has 0 heterocycles. The highest BCUT2D eigenvalue weighted by Gasteiger charge is 2.28. The summed E-state index contributed by atoms with van der Waals surface area (Å²) in [5.74, 6) is 0.534. The van der Waals surface area contributed by atoms with Crippen molar-refractivity contribution < 1.29 is 13.7 Å². The Bertz CT molecular complexity index is 577. The number of hydrogen-bond acceptors (Lipinski definition) is 3. The fourth-order valence-corrected chi connectivity index (χ4v) is 2.75. The van der Waals surface area contributed by atoms with Crippen molar-refractivity contribution in [1.82, 2.24) is 0 Å². The minimum Gasteiger partial charge on any atom is -0.591 e. The molecule has 0 aromatic heterocycles. The van der Waals surface area contributed by atoms with E-state index in [4.69, 9.17) is 4.74 Å². The zero-order valence-electron chi connectivity index (χ0n) is 14.6. The Kier molecular flexibility index (Phi) is 5.74. The number of benzene rings is 1. The molecule has 1 fully saturated rings. The summed E-state index contributed by atoms with van der Waals surface area (Å²) in [4.78, 5) is 0. The maximum absolute atomic E-state index is 13.9. The maximum Gasteiger partial charge on any atom is 0.165 e. The molecule has 2 rings (SSSR count). The van der Waals surface area contributed by atoms with Crippen LogP contribution in [0.3, 0.4) is 0 Å². The number of nitrogens with zero attached hydrogens (tertiary/aromatic N) is 1. The van der Waals surface area contributed by atoms with Crippen molar-refractivity contribution in [3.05, 3.63) is 29.6 Å². The summed E-state index contributed by atoms with van der Waals surface area (Å²) in [6.07, 6.45) is 2.31. The van der Waals surface area contributed by atoms with Crippen LogP contribution in [0, 0.1) is 17.7 Å². The minimum absolute atomic E-state index is 0.0862. The molecule has 1 aliphatic carbocycles. The molecule has 23 heavy (non-hydrogen) atoms. The van der Waals surface area contributed by atoms with Gasteiger partial charge in [0.1, 0.15) is 21.8 Å². The second-order valence-electron chi connectivity index (χ2n) is 7.39. The van der Waals surface area contributed by atoms with Gasteiger partial charge in [0.15, 0.2) is 11.6 Å². The largest absolute Gasteiger partial charge is 0.591 e. The maximum atomic E-state index is 13.9. The van der Waals surface area contributed by atoms with Gasteiger partial charge in [0.25, 0.3) is 0 Å². The molecule has 0 saturated heterocycles. The van der Waals surface area contributed by atoms with Gasteiger partial charge in [-0.05, 0) is 57.7 Å². The zero-order chi connectivity index (χ0) is 17.2. The molecule has 1 aliphatic rings. The van der Waals surface area contributed by atoms with E-state index in [1.54, 1.807) is 12.1 Å². The van der Waals surface area contributed by atoms with Gasteiger partial charge in [-0.15, -0.1) is 0 Å². The van der Waals surface area contributed by atoms with E-state index in [9.17, 15) is 8.94 Å². The summed E-state index contributed by atoms with van der Waals surface area (Å²) < 4.78 is 35.9. The lowest BCUT2D eigenvalue weighted by Crippen LogP contribution is -2.28. The topological polar surface area (TPSA) is 44.7 Å². The summed E-state index contributed by atoms with van der Waals surface area (Å²) in [5.41, 5.74) is 1.49. The van der Waals surface area contributed by atoms with Gasteiger partial charge in [0.2, 0.25) is 0 Å². The number of rotatable bonds is 6. The Hall–Kier alpha value is -1.07. The summed E-state index contributed by atoms with van der Waals surface area (Å²) in [5, 5.41) is 0. The SMILES string of the molecule is CC(C)/C(=N\[S+]([O-])C(C)(C)C)c1ccc(F)c(OCC2CC2)c1. The first-order valence-electron chi connectivity index (χ1n) is 8.11. The van der Waals surface area contributed by atoms with Crippen molar-refractivity contribution in [2.24, 2.45) is 16.2 Å². The lowest BCUT2D eigenvalue weighted by Gasteiger charge is -2.20. The van der Waals surface area contributed by atoms with Crippen LogP contribution in [0.2, 0.25) is 0 Å². The Morgan fingerprint density at radius 2 is 2.04 bits per heavy atom. The van der Waals surface area contributed by atoms with Crippen molar-refractivity contribution in [2.45, 2.75) is 52.2 Å². The van der Waals surface area contributed by atoms with Crippen molar-refractivity contribution in [3.8, 4) is 5.75 Å². The lowest BCUT2D eigenvalue weighted by atomic mass is 10.00. The summed E-state index contributed by atoms with van der Waals surface area (Å²) >= 11 is -1.35. The standard InChI is InChI=1S/C18H26FNO2S/c1-12(2)17(20-23(21)18(3,4)5)14-8-9-15(19)16(10-14)22-11-13-6-7-13/h8-10,12-13H,6-7,11H2,1-5H3/b20-17+. The molecular formula is C18H26FNO2S. The third-order valence-corrected chi connectivity index (χ3v) is 5.06. The Morgan fingerprint density at radius 3 is 2.57 bits per heavy atom. The minimum atomic E-state index is -1.35. The van der Waals surface area contributed by atoms with Gasteiger partial charge < -0.3 is 9.29 Å². The van der Waals surface area contributed by atoms with E-state index < -0.39 is 16.1 Å². The highest BCUT2D eigenvalue weighted by molar-refractivity contribution is 7.91. The van der Waals surface area contributed by atoms with Crippen LogP contribution in [0.5, 0.6) is 5.75 Å². The van der Waals surface area contributed by atoms with E-state index in [1.807, 2.05) is 34.6 Å². The van der Waals surface area contributed by atoms with Crippen LogP contribution in [0.15, 0.2) is 22.6 Å². The molecule has 0 radical (unpaired) electrons. The smallest absolute Gasteiger partial charge is 0.165 e. The highest BCUT2D eigenvalue weighted by atomic mass is 32.2.